The van der Waals surface area contributed by atoms with E-state index in [-0.39, 0.29) is 17.6 Å². The summed E-state index contributed by atoms with van der Waals surface area (Å²) in [5.41, 5.74) is 2.76. The predicted octanol–water partition coefficient (Wildman–Crippen LogP) is 2.60. The fourth-order valence-corrected chi connectivity index (χ4v) is 2.67. The molecule has 3 nitrogen and oxygen atoms in total. The second kappa shape index (κ2) is 4.57. The zero-order valence-electron chi connectivity index (χ0n) is 10.0. The molecule has 0 radical (unpaired) electrons. The summed E-state index contributed by atoms with van der Waals surface area (Å²) in [6.45, 7) is 4.49. The maximum Gasteiger partial charge on any atom is 0.227 e. The molecule has 4 heteroatoms. The molecule has 1 amide bonds. The molecule has 92 valence electrons. The summed E-state index contributed by atoms with van der Waals surface area (Å²) >= 11 is 5.81. The normalized spacial score (nSPS) is 20.1. The van der Waals surface area contributed by atoms with Crippen LogP contribution in [0.1, 0.15) is 17.5 Å². The first-order valence-corrected chi connectivity index (χ1v) is 6.23. The van der Waals surface area contributed by atoms with Gasteiger partial charge in [0.15, 0.2) is 0 Å². The third-order valence-electron chi connectivity index (χ3n) is 3.17. The Balaban J connectivity index is 2.38. The van der Waals surface area contributed by atoms with Crippen LogP contribution in [0.15, 0.2) is 12.1 Å². The van der Waals surface area contributed by atoms with Crippen molar-refractivity contribution < 1.29 is 9.90 Å². The topological polar surface area (TPSA) is 40.5 Å². The molecule has 1 N–H and O–H groups in total. The quantitative estimate of drug-likeness (QED) is 0.823. The maximum atomic E-state index is 11.9. The molecule has 0 bridgehead atoms. The van der Waals surface area contributed by atoms with E-state index in [1.807, 2.05) is 13.8 Å². The Labute approximate surface area is 106 Å². The molecule has 0 saturated carbocycles. The highest BCUT2D eigenvalue weighted by Gasteiger charge is 2.31. The van der Waals surface area contributed by atoms with Gasteiger partial charge in [-0.3, -0.25) is 4.79 Å². The molecule has 0 aromatic heterocycles. The first-order valence-electron chi connectivity index (χ1n) is 5.69. The molecule has 0 spiro atoms. The van der Waals surface area contributed by atoms with Crippen molar-refractivity contribution in [1.29, 1.82) is 0 Å². The fraction of sp³-hybridized carbons (Fsp3) is 0.462. The highest BCUT2D eigenvalue weighted by atomic mass is 35.5. The number of hydrogen-bond donors (Lipinski definition) is 1. The Bertz CT molecular complexity index is 436. The lowest BCUT2D eigenvalue weighted by atomic mass is 10.1. The molecule has 1 atom stereocenters. The molecular weight excluding hydrogens is 238 g/mol. The lowest BCUT2D eigenvalue weighted by Gasteiger charge is -2.21. The Kier molecular flexibility index (Phi) is 3.29. The van der Waals surface area contributed by atoms with Crippen LogP contribution in [-0.4, -0.2) is 23.4 Å². The Morgan fingerprint density at radius 3 is 2.47 bits per heavy atom. The van der Waals surface area contributed by atoms with Gasteiger partial charge in [0.2, 0.25) is 5.91 Å². The van der Waals surface area contributed by atoms with Crippen LogP contribution in [0.5, 0.6) is 5.75 Å². The molecule has 1 aromatic rings. The van der Waals surface area contributed by atoms with Gasteiger partial charge in [-0.05, 0) is 43.0 Å². The number of anilines is 1. The van der Waals surface area contributed by atoms with E-state index in [0.29, 0.717) is 18.8 Å². The van der Waals surface area contributed by atoms with E-state index in [1.165, 1.54) is 0 Å². The van der Waals surface area contributed by atoms with Gasteiger partial charge in [-0.25, -0.2) is 0 Å². The highest BCUT2D eigenvalue weighted by molar-refractivity contribution is 6.18. The number of aromatic hydroxyl groups is 1. The van der Waals surface area contributed by atoms with Gasteiger partial charge in [0.1, 0.15) is 5.75 Å². The number of nitrogens with zero attached hydrogens (tertiary/aromatic N) is 1. The summed E-state index contributed by atoms with van der Waals surface area (Å²) in [5.74, 6) is 1.10. The lowest BCUT2D eigenvalue weighted by molar-refractivity contribution is -0.117. The molecule has 1 aromatic carbocycles. The Hall–Kier alpha value is -1.22. The van der Waals surface area contributed by atoms with Crippen molar-refractivity contribution in [1.82, 2.24) is 0 Å². The first-order chi connectivity index (χ1) is 8.02. The first kappa shape index (κ1) is 12.2. The van der Waals surface area contributed by atoms with Crippen LogP contribution in [0.4, 0.5) is 5.69 Å². The molecule has 1 saturated heterocycles. The van der Waals surface area contributed by atoms with Crippen molar-refractivity contribution in [2.24, 2.45) is 5.92 Å². The summed E-state index contributed by atoms with van der Waals surface area (Å²) in [6, 6.07) is 3.37. The lowest BCUT2D eigenvalue weighted by Crippen LogP contribution is -2.26. The van der Waals surface area contributed by atoms with E-state index >= 15 is 0 Å². The standard InChI is InChI=1S/C13H16ClNO2/c1-8-3-11(16)4-9(2)13(8)15-7-10(6-14)5-12(15)17/h3-4,10,16H,5-7H2,1-2H3. The number of benzene rings is 1. The van der Waals surface area contributed by atoms with Crippen LogP contribution >= 0.6 is 11.6 Å². The number of phenolic OH excluding ortho intramolecular Hbond substituents is 1. The summed E-state index contributed by atoms with van der Waals surface area (Å²) in [5, 5.41) is 9.50. The maximum absolute atomic E-state index is 11.9. The van der Waals surface area contributed by atoms with E-state index in [2.05, 4.69) is 0 Å². The summed E-state index contributed by atoms with van der Waals surface area (Å²) in [7, 11) is 0. The third kappa shape index (κ3) is 2.25. The van der Waals surface area contributed by atoms with E-state index in [4.69, 9.17) is 11.6 Å². The average molecular weight is 254 g/mol. The van der Waals surface area contributed by atoms with Crippen LogP contribution in [0.3, 0.4) is 0 Å². The number of phenols is 1. The van der Waals surface area contributed by atoms with E-state index in [0.717, 1.165) is 16.8 Å². The second-order valence-corrected chi connectivity index (χ2v) is 4.97. The molecule has 1 aliphatic heterocycles. The van der Waals surface area contributed by atoms with Crippen molar-refractivity contribution in [2.45, 2.75) is 20.3 Å². The van der Waals surface area contributed by atoms with E-state index < -0.39 is 0 Å². The molecular formula is C13H16ClNO2. The molecule has 1 heterocycles. The van der Waals surface area contributed by atoms with Crippen LogP contribution in [0.25, 0.3) is 0 Å². The molecule has 0 aliphatic carbocycles. The molecule has 1 aliphatic rings. The van der Waals surface area contributed by atoms with E-state index in [9.17, 15) is 9.90 Å². The van der Waals surface area contributed by atoms with Gasteiger partial charge in [-0.15, -0.1) is 11.6 Å². The van der Waals surface area contributed by atoms with Crippen molar-refractivity contribution in [2.75, 3.05) is 17.3 Å². The molecule has 17 heavy (non-hydrogen) atoms. The van der Waals surface area contributed by atoms with Crippen molar-refractivity contribution in [3.8, 4) is 5.75 Å². The second-order valence-electron chi connectivity index (χ2n) is 4.66. The largest absolute Gasteiger partial charge is 0.508 e. The monoisotopic (exact) mass is 253 g/mol. The van der Waals surface area contributed by atoms with Gasteiger partial charge >= 0.3 is 0 Å². The number of carbonyl (C=O) groups excluding carboxylic acids is 1. The number of aryl methyl sites for hydroxylation is 2. The van der Waals surface area contributed by atoms with Crippen molar-refractivity contribution in [3.05, 3.63) is 23.3 Å². The summed E-state index contributed by atoms with van der Waals surface area (Å²) in [4.78, 5) is 13.7. The fourth-order valence-electron chi connectivity index (χ4n) is 2.46. The predicted molar refractivity (Wildman–Crippen MR) is 68.8 cm³/mol. The number of rotatable bonds is 2. The molecule has 1 unspecified atom stereocenters. The minimum atomic E-state index is 0.118. The van der Waals surface area contributed by atoms with Crippen LogP contribution in [0.2, 0.25) is 0 Å². The number of halogens is 1. The van der Waals surface area contributed by atoms with Crippen LogP contribution in [0, 0.1) is 19.8 Å². The SMILES string of the molecule is Cc1cc(O)cc(C)c1N1CC(CCl)CC1=O. The zero-order chi connectivity index (χ0) is 12.6. The van der Waals surface area contributed by atoms with Crippen molar-refractivity contribution >= 4 is 23.2 Å². The number of alkyl halides is 1. The van der Waals surface area contributed by atoms with Gasteiger partial charge in [-0.1, -0.05) is 0 Å². The minimum absolute atomic E-state index is 0.118. The Morgan fingerprint density at radius 1 is 1.41 bits per heavy atom. The van der Waals surface area contributed by atoms with Gasteiger partial charge in [0.25, 0.3) is 0 Å². The number of amides is 1. The highest BCUT2D eigenvalue weighted by Crippen LogP contribution is 2.33. The minimum Gasteiger partial charge on any atom is -0.508 e. The van der Waals surface area contributed by atoms with Crippen LogP contribution in [-0.2, 0) is 4.79 Å². The number of carbonyl (C=O) groups is 1. The number of hydrogen-bond acceptors (Lipinski definition) is 2. The van der Waals surface area contributed by atoms with Gasteiger partial charge < -0.3 is 10.0 Å². The summed E-state index contributed by atoms with van der Waals surface area (Å²) in [6.07, 6.45) is 0.517. The zero-order valence-corrected chi connectivity index (χ0v) is 10.8. The smallest absolute Gasteiger partial charge is 0.227 e. The van der Waals surface area contributed by atoms with Crippen molar-refractivity contribution in [3.63, 3.8) is 0 Å². The van der Waals surface area contributed by atoms with Gasteiger partial charge in [-0.2, -0.15) is 0 Å². The van der Waals surface area contributed by atoms with Crippen LogP contribution < -0.4 is 4.90 Å². The Morgan fingerprint density at radius 2 is 2.00 bits per heavy atom. The molecule has 1 fully saturated rings. The summed E-state index contributed by atoms with van der Waals surface area (Å²) < 4.78 is 0. The average Bonchev–Trinajstić information content (AvgIpc) is 2.59. The van der Waals surface area contributed by atoms with E-state index in [1.54, 1.807) is 17.0 Å². The third-order valence-corrected chi connectivity index (χ3v) is 3.61. The molecule has 2 rings (SSSR count). The van der Waals surface area contributed by atoms with Gasteiger partial charge in [0, 0.05) is 24.5 Å². The van der Waals surface area contributed by atoms with Gasteiger partial charge in [0.05, 0.1) is 0 Å².